The first-order valence-corrected chi connectivity index (χ1v) is 13.5. The molecular weight excluding hydrogens is 520 g/mol. The molecule has 0 spiro atoms. The first-order chi connectivity index (χ1) is 18.1. The molecule has 0 aliphatic carbocycles. The third kappa shape index (κ3) is 6.17. The van der Waals surface area contributed by atoms with Crippen LogP contribution in [0.3, 0.4) is 0 Å². The standard InChI is InChI=1S/C25H27F2N5O5S/c1-2-7-28-24(33)15-31-8-10-32(11-9-31)23-14-19(25(34)35)18-12-16(3-6-22(18)29-23)30-38(36,37)17-4-5-20(26)21(27)13-17/h3-6,12-14,30H,2,7-11,15H2,1H3,(H,28,33)(H,34,35). The zero-order valence-corrected chi connectivity index (χ0v) is 21.4. The maximum absolute atomic E-state index is 13.5. The van der Waals surface area contributed by atoms with Crippen molar-refractivity contribution in [3.05, 3.63) is 59.7 Å². The number of halogens is 2. The number of pyridine rings is 1. The van der Waals surface area contributed by atoms with Crippen LogP contribution in [0.15, 0.2) is 47.4 Å². The molecule has 0 bridgehead atoms. The van der Waals surface area contributed by atoms with Gasteiger partial charge in [0.25, 0.3) is 10.0 Å². The molecule has 202 valence electrons. The van der Waals surface area contributed by atoms with Crippen LogP contribution in [-0.2, 0) is 14.8 Å². The lowest BCUT2D eigenvalue weighted by Crippen LogP contribution is -2.49. The van der Waals surface area contributed by atoms with Crippen molar-refractivity contribution >= 4 is 44.3 Å². The molecule has 4 rings (SSSR count). The van der Waals surface area contributed by atoms with E-state index in [0.717, 1.165) is 12.5 Å². The molecule has 13 heteroatoms. The summed E-state index contributed by atoms with van der Waals surface area (Å²) >= 11 is 0. The summed E-state index contributed by atoms with van der Waals surface area (Å²) in [6.45, 7) is 5.21. The Morgan fingerprint density at radius 3 is 2.42 bits per heavy atom. The summed E-state index contributed by atoms with van der Waals surface area (Å²) in [5.41, 5.74) is 0.312. The molecule has 0 unspecified atom stereocenters. The Kier molecular flexibility index (Phi) is 8.07. The number of fused-ring (bicyclic) bond motifs is 1. The van der Waals surface area contributed by atoms with E-state index in [0.29, 0.717) is 62.7 Å². The van der Waals surface area contributed by atoms with Crippen LogP contribution in [0.5, 0.6) is 0 Å². The van der Waals surface area contributed by atoms with Crippen LogP contribution in [0.2, 0.25) is 0 Å². The Balaban J connectivity index is 1.54. The summed E-state index contributed by atoms with van der Waals surface area (Å²) in [4.78, 5) is 32.1. The maximum atomic E-state index is 13.5. The molecule has 1 saturated heterocycles. The van der Waals surface area contributed by atoms with E-state index in [1.165, 1.54) is 24.3 Å². The molecule has 1 aliphatic heterocycles. The Labute approximate surface area is 218 Å². The number of aromatic nitrogens is 1. The number of nitrogens with zero attached hydrogens (tertiary/aromatic N) is 3. The maximum Gasteiger partial charge on any atom is 0.336 e. The van der Waals surface area contributed by atoms with Gasteiger partial charge in [-0.15, -0.1) is 0 Å². The van der Waals surface area contributed by atoms with Crippen molar-refractivity contribution in [3.63, 3.8) is 0 Å². The number of nitrogens with one attached hydrogen (secondary N) is 2. The lowest BCUT2D eigenvalue weighted by atomic mass is 10.1. The second-order valence-corrected chi connectivity index (χ2v) is 10.5. The number of piperazine rings is 1. The number of carboxylic acids is 1. The van der Waals surface area contributed by atoms with Crippen LogP contribution in [0, 0.1) is 11.6 Å². The number of carboxylic acid groups (broad SMARTS) is 1. The third-order valence-electron chi connectivity index (χ3n) is 6.11. The van der Waals surface area contributed by atoms with Crippen LogP contribution in [-0.4, -0.2) is 74.6 Å². The minimum atomic E-state index is -4.26. The number of hydrogen-bond donors (Lipinski definition) is 3. The summed E-state index contributed by atoms with van der Waals surface area (Å²) in [5, 5.41) is 12.9. The van der Waals surface area contributed by atoms with Crippen molar-refractivity contribution in [1.29, 1.82) is 0 Å². The van der Waals surface area contributed by atoms with Crippen molar-refractivity contribution in [1.82, 2.24) is 15.2 Å². The SMILES string of the molecule is CCCNC(=O)CN1CCN(c2cc(C(=O)O)c3cc(NS(=O)(=O)c4ccc(F)c(F)c4)ccc3n2)CC1. The first kappa shape index (κ1) is 27.2. The number of carbonyl (C=O) groups excluding carboxylic acids is 1. The number of sulfonamides is 1. The van der Waals surface area contributed by atoms with Gasteiger partial charge < -0.3 is 15.3 Å². The third-order valence-corrected chi connectivity index (χ3v) is 7.49. The molecule has 0 saturated carbocycles. The Hall–Kier alpha value is -3.84. The minimum Gasteiger partial charge on any atom is -0.478 e. The molecule has 3 aromatic rings. The average Bonchev–Trinajstić information content (AvgIpc) is 2.88. The van der Waals surface area contributed by atoms with Gasteiger partial charge in [-0.3, -0.25) is 14.4 Å². The number of carbonyl (C=O) groups is 2. The summed E-state index contributed by atoms with van der Waals surface area (Å²) in [5.74, 6) is -3.28. The second-order valence-electron chi connectivity index (χ2n) is 8.86. The Morgan fingerprint density at radius 1 is 1.03 bits per heavy atom. The minimum absolute atomic E-state index is 0.0340. The molecular formula is C25H27F2N5O5S. The van der Waals surface area contributed by atoms with E-state index in [9.17, 15) is 31.9 Å². The highest BCUT2D eigenvalue weighted by Gasteiger charge is 2.23. The lowest BCUT2D eigenvalue weighted by molar-refractivity contribution is -0.122. The largest absolute Gasteiger partial charge is 0.478 e. The monoisotopic (exact) mass is 547 g/mol. The van der Waals surface area contributed by atoms with Gasteiger partial charge in [-0.25, -0.2) is 27.0 Å². The van der Waals surface area contributed by atoms with Gasteiger partial charge in [-0.1, -0.05) is 6.92 Å². The molecule has 38 heavy (non-hydrogen) atoms. The van der Waals surface area contributed by atoms with Crippen LogP contribution in [0.1, 0.15) is 23.7 Å². The number of aromatic carboxylic acids is 1. The van der Waals surface area contributed by atoms with Gasteiger partial charge in [0, 0.05) is 43.8 Å². The number of hydrogen-bond acceptors (Lipinski definition) is 7. The molecule has 1 aliphatic rings. The van der Waals surface area contributed by atoms with Gasteiger partial charge in [0.05, 0.1) is 22.5 Å². The van der Waals surface area contributed by atoms with Crippen LogP contribution >= 0.6 is 0 Å². The van der Waals surface area contributed by atoms with Crippen molar-refractivity contribution in [2.45, 2.75) is 18.2 Å². The van der Waals surface area contributed by atoms with Gasteiger partial charge in [0.15, 0.2) is 11.6 Å². The lowest BCUT2D eigenvalue weighted by Gasteiger charge is -2.35. The number of benzene rings is 2. The summed E-state index contributed by atoms with van der Waals surface area (Å²) in [7, 11) is -4.26. The van der Waals surface area contributed by atoms with Crippen molar-refractivity contribution in [2.75, 3.05) is 48.9 Å². The highest BCUT2D eigenvalue weighted by atomic mass is 32.2. The van der Waals surface area contributed by atoms with E-state index in [4.69, 9.17) is 0 Å². The summed E-state index contributed by atoms with van der Waals surface area (Å²) < 4.78 is 54.3. The van der Waals surface area contributed by atoms with E-state index in [2.05, 4.69) is 15.0 Å². The quantitative estimate of drug-likeness (QED) is 0.373. The van der Waals surface area contributed by atoms with E-state index in [-0.39, 0.29) is 22.5 Å². The molecule has 10 nitrogen and oxygen atoms in total. The highest BCUT2D eigenvalue weighted by Crippen LogP contribution is 2.28. The number of anilines is 2. The van der Waals surface area contributed by atoms with Gasteiger partial charge >= 0.3 is 5.97 Å². The number of rotatable bonds is 9. The molecule has 1 aromatic heterocycles. The summed E-state index contributed by atoms with van der Waals surface area (Å²) in [6, 6.07) is 7.86. The van der Waals surface area contributed by atoms with Gasteiger partial charge in [-0.2, -0.15) is 0 Å². The number of amides is 1. The topological polar surface area (TPSA) is 132 Å². The molecule has 0 atom stereocenters. The normalized spacial score (nSPS) is 14.4. The van der Waals surface area contributed by atoms with E-state index in [1.807, 2.05) is 16.7 Å². The predicted octanol–water partition coefficient (Wildman–Crippen LogP) is 2.66. The average molecular weight is 548 g/mol. The zero-order chi connectivity index (χ0) is 27.4. The first-order valence-electron chi connectivity index (χ1n) is 12.0. The fourth-order valence-electron chi connectivity index (χ4n) is 4.13. The van der Waals surface area contributed by atoms with Crippen molar-refractivity contribution in [2.24, 2.45) is 0 Å². The van der Waals surface area contributed by atoms with E-state index < -0.39 is 32.5 Å². The fourth-order valence-corrected chi connectivity index (χ4v) is 5.19. The van der Waals surface area contributed by atoms with Gasteiger partial charge in [-0.05, 0) is 48.9 Å². The smallest absolute Gasteiger partial charge is 0.336 e. The van der Waals surface area contributed by atoms with Crippen LogP contribution in [0.25, 0.3) is 10.9 Å². The zero-order valence-electron chi connectivity index (χ0n) is 20.6. The van der Waals surface area contributed by atoms with Crippen molar-refractivity contribution < 1.29 is 31.9 Å². The summed E-state index contributed by atoms with van der Waals surface area (Å²) in [6.07, 6.45) is 0.862. The predicted molar refractivity (Wildman–Crippen MR) is 138 cm³/mol. The molecule has 3 N–H and O–H groups in total. The molecule has 2 heterocycles. The van der Waals surface area contributed by atoms with Crippen LogP contribution in [0.4, 0.5) is 20.3 Å². The fraction of sp³-hybridized carbons (Fsp3) is 0.320. The molecule has 1 amide bonds. The molecule has 0 radical (unpaired) electrons. The Bertz CT molecular complexity index is 1480. The molecule has 2 aromatic carbocycles. The van der Waals surface area contributed by atoms with Gasteiger partial charge in [0.2, 0.25) is 5.91 Å². The second kappa shape index (κ2) is 11.3. The van der Waals surface area contributed by atoms with Crippen molar-refractivity contribution in [3.8, 4) is 0 Å². The van der Waals surface area contributed by atoms with E-state index in [1.54, 1.807) is 0 Å². The van der Waals surface area contributed by atoms with Gasteiger partial charge in [0.1, 0.15) is 5.82 Å². The molecule has 1 fully saturated rings. The highest BCUT2D eigenvalue weighted by molar-refractivity contribution is 7.92. The Morgan fingerprint density at radius 2 is 1.76 bits per heavy atom. The van der Waals surface area contributed by atoms with E-state index >= 15 is 0 Å². The van der Waals surface area contributed by atoms with Crippen LogP contribution < -0.4 is 14.9 Å².